The highest BCUT2D eigenvalue weighted by molar-refractivity contribution is 5.90. The molecule has 0 heterocycles. The minimum absolute atomic E-state index is 0.225. The quantitative estimate of drug-likeness (QED) is 0.122. The number of carbonyl (C=O) groups excluding carboxylic acids is 2. The van der Waals surface area contributed by atoms with Gasteiger partial charge in [0.15, 0.2) is 0 Å². The molecule has 0 atom stereocenters. The second kappa shape index (κ2) is 11.9. The van der Waals surface area contributed by atoms with Crippen LogP contribution in [0.5, 0.6) is 23.0 Å². The highest BCUT2D eigenvalue weighted by Gasteiger charge is 2.36. The maximum Gasteiger partial charge on any atom is 0.336 e. The van der Waals surface area contributed by atoms with Crippen molar-refractivity contribution in [1.82, 2.24) is 0 Å². The Hall–Kier alpha value is -5.24. The van der Waals surface area contributed by atoms with E-state index in [9.17, 15) is 18.4 Å². The van der Waals surface area contributed by atoms with Crippen LogP contribution in [0.15, 0.2) is 84.9 Å². The van der Waals surface area contributed by atoms with Crippen molar-refractivity contribution in [2.24, 2.45) is 0 Å². The van der Waals surface area contributed by atoms with Gasteiger partial charge in [-0.2, -0.15) is 0 Å². The Balaban J connectivity index is 1.29. The SMILES string of the molecule is COc1ccc(C=CC(=O)Oc2ccc3c(c2)C(C)(C)c2cc(OC(=O)C=Cc4ccc(OC)cc4F)ccc2-3)c(F)c1. The third-order valence-electron chi connectivity index (χ3n) is 7.27. The van der Waals surface area contributed by atoms with E-state index in [0.29, 0.717) is 23.0 Å². The summed E-state index contributed by atoms with van der Waals surface area (Å²) in [5.41, 5.74) is 3.73. The summed E-state index contributed by atoms with van der Waals surface area (Å²) in [4.78, 5) is 25.0. The molecule has 43 heavy (non-hydrogen) atoms. The zero-order valence-electron chi connectivity index (χ0n) is 23.9. The van der Waals surface area contributed by atoms with Gasteiger partial charge in [0.05, 0.1) is 14.2 Å². The molecule has 4 aromatic carbocycles. The van der Waals surface area contributed by atoms with Crippen LogP contribution in [-0.2, 0) is 15.0 Å². The molecule has 0 saturated heterocycles. The predicted molar refractivity (Wildman–Crippen MR) is 159 cm³/mol. The molecule has 0 spiro atoms. The second-order valence-electron chi connectivity index (χ2n) is 10.3. The topological polar surface area (TPSA) is 71.1 Å². The van der Waals surface area contributed by atoms with Crippen molar-refractivity contribution < 1.29 is 37.3 Å². The largest absolute Gasteiger partial charge is 0.497 e. The molecule has 0 saturated carbocycles. The summed E-state index contributed by atoms with van der Waals surface area (Å²) >= 11 is 0. The summed E-state index contributed by atoms with van der Waals surface area (Å²) in [7, 11) is 2.89. The number of hydrogen-bond donors (Lipinski definition) is 0. The number of esters is 2. The van der Waals surface area contributed by atoms with Crippen LogP contribution in [0.4, 0.5) is 8.78 Å². The number of methoxy groups -OCH3 is 2. The molecule has 0 fully saturated rings. The lowest BCUT2D eigenvalue weighted by Gasteiger charge is -2.22. The predicted octanol–water partition coefficient (Wildman–Crippen LogP) is 7.53. The molecule has 0 unspecified atom stereocenters. The molecule has 1 aliphatic rings. The lowest BCUT2D eigenvalue weighted by atomic mass is 9.82. The van der Waals surface area contributed by atoms with Crippen molar-refractivity contribution in [1.29, 1.82) is 0 Å². The summed E-state index contributed by atoms with van der Waals surface area (Å²) in [5, 5.41) is 0. The van der Waals surface area contributed by atoms with Gasteiger partial charge in [0.25, 0.3) is 0 Å². The van der Waals surface area contributed by atoms with E-state index in [1.54, 1.807) is 36.4 Å². The van der Waals surface area contributed by atoms with Gasteiger partial charge in [0.1, 0.15) is 34.6 Å². The zero-order chi connectivity index (χ0) is 30.7. The Kier molecular flexibility index (Phi) is 8.12. The van der Waals surface area contributed by atoms with Gasteiger partial charge in [-0.15, -0.1) is 0 Å². The fraction of sp³-hybridized carbons (Fsp3) is 0.143. The lowest BCUT2D eigenvalue weighted by Crippen LogP contribution is -2.16. The molecule has 0 bridgehead atoms. The first kappa shape index (κ1) is 29.3. The van der Waals surface area contributed by atoms with E-state index in [-0.39, 0.29) is 11.1 Å². The molecular formula is C35H28F2O6. The van der Waals surface area contributed by atoms with Crippen molar-refractivity contribution in [3.8, 4) is 34.1 Å². The number of rotatable bonds is 8. The first-order valence-corrected chi connectivity index (χ1v) is 13.4. The van der Waals surface area contributed by atoms with Gasteiger partial charge in [-0.3, -0.25) is 0 Å². The number of ether oxygens (including phenoxy) is 4. The van der Waals surface area contributed by atoms with E-state index >= 15 is 0 Å². The van der Waals surface area contributed by atoms with Gasteiger partial charge in [0, 0.05) is 40.8 Å². The van der Waals surface area contributed by atoms with E-state index < -0.39 is 29.0 Å². The van der Waals surface area contributed by atoms with Crippen LogP contribution in [-0.4, -0.2) is 26.2 Å². The van der Waals surface area contributed by atoms with Crippen LogP contribution in [0.2, 0.25) is 0 Å². The molecular weight excluding hydrogens is 554 g/mol. The number of carbonyl (C=O) groups is 2. The van der Waals surface area contributed by atoms with Crippen molar-refractivity contribution in [2.75, 3.05) is 14.2 Å². The summed E-state index contributed by atoms with van der Waals surface area (Å²) < 4.78 is 49.4. The molecule has 0 amide bonds. The molecule has 8 heteroatoms. The maximum atomic E-state index is 14.2. The van der Waals surface area contributed by atoms with E-state index in [2.05, 4.69) is 0 Å². The Morgan fingerprint density at radius 1 is 0.605 bits per heavy atom. The van der Waals surface area contributed by atoms with Crippen LogP contribution in [0.25, 0.3) is 23.3 Å². The molecule has 1 aliphatic carbocycles. The third kappa shape index (κ3) is 6.18. The van der Waals surface area contributed by atoms with Crippen LogP contribution in [0.1, 0.15) is 36.1 Å². The molecule has 0 radical (unpaired) electrons. The highest BCUT2D eigenvalue weighted by atomic mass is 19.1. The Morgan fingerprint density at radius 3 is 1.37 bits per heavy atom. The molecule has 5 rings (SSSR count). The minimum Gasteiger partial charge on any atom is -0.497 e. The first-order chi connectivity index (χ1) is 20.6. The first-order valence-electron chi connectivity index (χ1n) is 13.4. The van der Waals surface area contributed by atoms with Gasteiger partial charge in [-0.25, -0.2) is 18.4 Å². The number of halogens is 2. The number of hydrogen-bond acceptors (Lipinski definition) is 6. The van der Waals surface area contributed by atoms with Gasteiger partial charge in [0.2, 0.25) is 0 Å². The molecule has 4 aromatic rings. The van der Waals surface area contributed by atoms with Gasteiger partial charge >= 0.3 is 11.9 Å². The summed E-state index contributed by atoms with van der Waals surface area (Å²) in [5.74, 6) is -0.912. The monoisotopic (exact) mass is 582 g/mol. The van der Waals surface area contributed by atoms with Crippen molar-refractivity contribution in [3.05, 3.63) is 119 Å². The normalized spacial score (nSPS) is 13.1. The summed E-state index contributed by atoms with van der Waals surface area (Å²) in [6.07, 6.45) is 5.01. The second-order valence-corrected chi connectivity index (χ2v) is 10.3. The zero-order valence-corrected chi connectivity index (χ0v) is 23.9. The fourth-order valence-electron chi connectivity index (χ4n) is 4.98. The van der Waals surface area contributed by atoms with E-state index in [1.165, 1.54) is 50.6 Å². The van der Waals surface area contributed by atoms with Crippen molar-refractivity contribution in [2.45, 2.75) is 19.3 Å². The number of fused-ring (bicyclic) bond motifs is 3. The Labute approximate surface area is 247 Å². The van der Waals surface area contributed by atoms with Gasteiger partial charge in [-0.1, -0.05) is 26.0 Å². The van der Waals surface area contributed by atoms with E-state index in [0.717, 1.165) is 34.4 Å². The molecule has 0 aromatic heterocycles. The molecule has 218 valence electrons. The average Bonchev–Trinajstić information content (AvgIpc) is 3.21. The standard InChI is InChI=1S/C35H28F2O6/c1-35(2)29-17-25(42-33(38)15-7-21-5-9-23(40-3)19-31(21)36)11-13-27(29)28-14-12-26(18-30(28)35)43-34(39)16-8-22-6-10-24(41-4)20-32(22)37/h5-20H,1-4H3. The fourth-order valence-corrected chi connectivity index (χ4v) is 4.98. The van der Waals surface area contributed by atoms with Crippen molar-refractivity contribution >= 4 is 24.1 Å². The summed E-state index contributed by atoms with van der Waals surface area (Å²) in [6, 6.07) is 19.4. The maximum absolute atomic E-state index is 14.2. The lowest BCUT2D eigenvalue weighted by molar-refractivity contribution is -0.129. The van der Waals surface area contributed by atoms with Crippen LogP contribution in [0.3, 0.4) is 0 Å². The third-order valence-corrected chi connectivity index (χ3v) is 7.27. The van der Waals surface area contributed by atoms with Crippen molar-refractivity contribution in [3.63, 3.8) is 0 Å². The van der Waals surface area contributed by atoms with Crippen LogP contribution < -0.4 is 18.9 Å². The number of benzene rings is 4. The van der Waals surface area contributed by atoms with Crippen LogP contribution in [0, 0.1) is 11.6 Å². The highest BCUT2D eigenvalue weighted by Crippen LogP contribution is 2.50. The molecule has 6 nitrogen and oxygen atoms in total. The van der Waals surface area contributed by atoms with E-state index in [4.69, 9.17) is 18.9 Å². The van der Waals surface area contributed by atoms with Gasteiger partial charge in [-0.05, 0) is 82.9 Å². The van der Waals surface area contributed by atoms with Gasteiger partial charge < -0.3 is 18.9 Å². The average molecular weight is 583 g/mol. The minimum atomic E-state index is -0.653. The smallest absolute Gasteiger partial charge is 0.336 e. The van der Waals surface area contributed by atoms with Crippen LogP contribution >= 0.6 is 0 Å². The summed E-state index contributed by atoms with van der Waals surface area (Å²) in [6.45, 7) is 4.04. The molecule has 0 N–H and O–H groups in total. The Bertz CT molecular complexity index is 1660. The molecule has 0 aliphatic heterocycles. The Morgan fingerprint density at radius 2 is 1.00 bits per heavy atom. The van der Waals surface area contributed by atoms with E-state index in [1.807, 2.05) is 26.0 Å².